The van der Waals surface area contributed by atoms with Gasteiger partial charge in [0.05, 0.1) is 25.2 Å². The molecule has 0 saturated heterocycles. The van der Waals surface area contributed by atoms with Gasteiger partial charge in [0.25, 0.3) is 0 Å². The number of nitrogens with zero attached hydrogens (tertiary/aromatic N) is 1. The Morgan fingerprint density at radius 3 is 1.75 bits per heavy atom. The molecule has 0 aliphatic heterocycles. The van der Waals surface area contributed by atoms with Crippen molar-refractivity contribution in [1.82, 2.24) is 4.90 Å². The van der Waals surface area contributed by atoms with Crippen LogP contribution in [-0.4, -0.2) is 76.4 Å². The molecule has 8 nitrogen and oxygen atoms in total. The van der Waals surface area contributed by atoms with E-state index < -0.39 is 51.4 Å². The summed E-state index contributed by atoms with van der Waals surface area (Å²) < 4.78 is 4.61. The molecule has 0 aromatic rings. The lowest BCUT2D eigenvalue weighted by molar-refractivity contribution is -0.0524. The lowest BCUT2D eigenvalue weighted by atomic mass is 9.93. The second-order valence-electron chi connectivity index (χ2n) is 3.35. The summed E-state index contributed by atoms with van der Waals surface area (Å²) in [5, 5.41) is 44.0. The van der Waals surface area contributed by atoms with Crippen molar-refractivity contribution >= 4 is 6.09 Å². The molecule has 0 unspecified atom stereocenters. The number of carbonyl (C=O) groups is 1. The summed E-state index contributed by atoms with van der Waals surface area (Å²) >= 11 is 0. The van der Waals surface area contributed by atoms with Crippen molar-refractivity contribution in [3.05, 3.63) is 0 Å². The maximum absolute atomic E-state index is 11.1. The Labute approximate surface area is 92.3 Å². The molecule has 0 spiro atoms. The molecular formula is C8H17NO7. The highest BCUT2D eigenvalue weighted by atomic mass is 16.6. The molecule has 0 aromatic heterocycles. The predicted molar refractivity (Wildman–Crippen MR) is 51.0 cm³/mol. The molecule has 8 heteroatoms. The molecule has 0 heterocycles. The fourth-order valence-corrected chi connectivity index (χ4v) is 0.753. The molecule has 96 valence electrons. The van der Waals surface area contributed by atoms with Crippen LogP contribution < -0.4 is 0 Å². The standard InChI is InChI=1S/C8H17NO7/c10-1-8(2-11,3-12)4-16-7(15)9(5-13)6-14/h10-14H,1-6H2. The van der Waals surface area contributed by atoms with Gasteiger partial charge in [0.2, 0.25) is 0 Å². The maximum atomic E-state index is 11.1. The average Bonchev–Trinajstić information content (AvgIpc) is 2.33. The first-order valence-electron chi connectivity index (χ1n) is 4.55. The Balaban J connectivity index is 4.25. The number of aliphatic hydroxyl groups is 5. The van der Waals surface area contributed by atoms with Crippen molar-refractivity contribution in [3.8, 4) is 0 Å². The van der Waals surface area contributed by atoms with E-state index in [1.807, 2.05) is 0 Å². The normalized spacial score (nSPS) is 11.3. The number of amides is 1. The van der Waals surface area contributed by atoms with E-state index in [2.05, 4.69) is 4.74 Å². The van der Waals surface area contributed by atoms with Crippen LogP contribution >= 0.6 is 0 Å². The van der Waals surface area contributed by atoms with Crippen LogP contribution in [0.15, 0.2) is 0 Å². The van der Waals surface area contributed by atoms with Gasteiger partial charge in [-0.15, -0.1) is 0 Å². The Morgan fingerprint density at radius 1 is 1.00 bits per heavy atom. The first kappa shape index (κ1) is 15.1. The van der Waals surface area contributed by atoms with Crippen LogP contribution in [-0.2, 0) is 4.74 Å². The van der Waals surface area contributed by atoms with Gasteiger partial charge in [0.15, 0.2) is 0 Å². The molecule has 1 amide bonds. The van der Waals surface area contributed by atoms with Gasteiger partial charge in [0, 0.05) is 0 Å². The third kappa shape index (κ3) is 3.91. The minimum atomic E-state index is -1.33. The molecule has 0 aromatic carbocycles. The number of hydrogen-bond acceptors (Lipinski definition) is 7. The van der Waals surface area contributed by atoms with Crippen molar-refractivity contribution in [1.29, 1.82) is 0 Å². The molecule has 5 N–H and O–H groups in total. The van der Waals surface area contributed by atoms with Gasteiger partial charge in [-0.25, -0.2) is 4.79 Å². The number of carbonyl (C=O) groups excluding carboxylic acids is 1. The zero-order valence-electron chi connectivity index (χ0n) is 8.74. The lowest BCUT2D eigenvalue weighted by Gasteiger charge is -2.27. The molecule has 0 aliphatic rings. The Bertz CT molecular complexity index is 194. The Hall–Kier alpha value is -0.930. The number of aliphatic hydroxyl groups excluding tert-OH is 5. The van der Waals surface area contributed by atoms with Crippen LogP contribution in [0.25, 0.3) is 0 Å². The Kier molecular flexibility index (Phi) is 6.93. The molecule has 16 heavy (non-hydrogen) atoms. The van der Waals surface area contributed by atoms with E-state index in [-0.39, 0.29) is 0 Å². The highest BCUT2D eigenvalue weighted by Crippen LogP contribution is 2.15. The number of hydrogen-bond donors (Lipinski definition) is 5. The van der Waals surface area contributed by atoms with Gasteiger partial charge in [0.1, 0.15) is 20.1 Å². The molecule has 0 atom stereocenters. The molecule has 0 radical (unpaired) electrons. The summed E-state index contributed by atoms with van der Waals surface area (Å²) in [6.07, 6.45) is -1.01. The zero-order chi connectivity index (χ0) is 12.6. The predicted octanol–water partition coefficient (Wildman–Crippen LogP) is -2.71. The van der Waals surface area contributed by atoms with Crippen LogP contribution in [0.4, 0.5) is 4.79 Å². The summed E-state index contributed by atoms with van der Waals surface area (Å²) in [5.74, 6) is 0. The van der Waals surface area contributed by atoms with Crippen molar-refractivity contribution in [2.45, 2.75) is 0 Å². The summed E-state index contributed by atoms with van der Waals surface area (Å²) in [4.78, 5) is 11.7. The molecule has 0 bridgehead atoms. The Morgan fingerprint density at radius 2 is 1.44 bits per heavy atom. The minimum absolute atomic E-state index is 0.425. The fraction of sp³-hybridized carbons (Fsp3) is 0.875. The summed E-state index contributed by atoms with van der Waals surface area (Å²) in [7, 11) is 0. The number of ether oxygens (including phenoxy) is 1. The van der Waals surface area contributed by atoms with E-state index in [1.165, 1.54) is 0 Å². The molecule has 0 rings (SSSR count). The second-order valence-corrected chi connectivity index (χ2v) is 3.35. The van der Waals surface area contributed by atoms with Crippen molar-refractivity contribution < 1.29 is 35.1 Å². The molecule has 0 aliphatic carbocycles. The average molecular weight is 239 g/mol. The van der Waals surface area contributed by atoms with E-state index >= 15 is 0 Å². The maximum Gasteiger partial charge on any atom is 0.413 e. The highest BCUT2D eigenvalue weighted by molar-refractivity contribution is 5.67. The smallest absolute Gasteiger partial charge is 0.413 e. The van der Waals surface area contributed by atoms with Crippen LogP contribution in [0.3, 0.4) is 0 Å². The van der Waals surface area contributed by atoms with Crippen molar-refractivity contribution in [2.24, 2.45) is 5.41 Å². The minimum Gasteiger partial charge on any atom is -0.448 e. The van der Waals surface area contributed by atoms with Crippen LogP contribution in [0.1, 0.15) is 0 Å². The fourth-order valence-electron chi connectivity index (χ4n) is 0.753. The van der Waals surface area contributed by atoms with Crippen molar-refractivity contribution in [3.63, 3.8) is 0 Å². The van der Waals surface area contributed by atoms with Crippen LogP contribution in [0, 0.1) is 5.41 Å². The van der Waals surface area contributed by atoms with E-state index in [4.69, 9.17) is 25.5 Å². The third-order valence-corrected chi connectivity index (χ3v) is 2.11. The highest BCUT2D eigenvalue weighted by Gasteiger charge is 2.30. The van der Waals surface area contributed by atoms with Gasteiger partial charge < -0.3 is 30.3 Å². The topological polar surface area (TPSA) is 131 Å². The van der Waals surface area contributed by atoms with Crippen molar-refractivity contribution in [2.75, 3.05) is 39.9 Å². The van der Waals surface area contributed by atoms with E-state index in [9.17, 15) is 4.79 Å². The van der Waals surface area contributed by atoms with Gasteiger partial charge in [-0.3, -0.25) is 4.90 Å². The molecule has 0 saturated carbocycles. The quantitative estimate of drug-likeness (QED) is 0.305. The van der Waals surface area contributed by atoms with Gasteiger partial charge in [-0.1, -0.05) is 0 Å². The molecule has 0 fully saturated rings. The number of rotatable bonds is 7. The largest absolute Gasteiger partial charge is 0.448 e. The van der Waals surface area contributed by atoms with E-state index in [0.717, 1.165) is 0 Å². The summed E-state index contributed by atoms with van der Waals surface area (Å²) in [5.41, 5.74) is -1.33. The monoisotopic (exact) mass is 239 g/mol. The molecular weight excluding hydrogens is 222 g/mol. The van der Waals surface area contributed by atoms with E-state index in [1.54, 1.807) is 0 Å². The van der Waals surface area contributed by atoms with Crippen LogP contribution in [0.2, 0.25) is 0 Å². The third-order valence-electron chi connectivity index (χ3n) is 2.11. The van der Waals surface area contributed by atoms with Gasteiger partial charge >= 0.3 is 6.09 Å². The SMILES string of the molecule is O=C(OCC(CO)(CO)CO)N(CO)CO. The summed E-state index contributed by atoms with van der Waals surface area (Å²) in [6.45, 7) is -3.56. The first-order chi connectivity index (χ1) is 7.59. The van der Waals surface area contributed by atoms with Gasteiger partial charge in [-0.05, 0) is 0 Å². The summed E-state index contributed by atoms with van der Waals surface area (Å²) in [6, 6.07) is 0. The lowest BCUT2D eigenvalue weighted by Crippen LogP contribution is -2.42. The van der Waals surface area contributed by atoms with Crippen LogP contribution in [0.5, 0.6) is 0 Å². The second kappa shape index (κ2) is 7.36. The zero-order valence-corrected chi connectivity index (χ0v) is 8.74. The first-order valence-corrected chi connectivity index (χ1v) is 4.55. The van der Waals surface area contributed by atoms with Gasteiger partial charge in [-0.2, -0.15) is 0 Å². The van der Waals surface area contributed by atoms with E-state index in [0.29, 0.717) is 4.90 Å².